The monoisotopic (exact) mass is 480 g/mol. The molecule has 0 bridgehead atoms. The van der Waals surface area contributed by atoms with E-state index in [9.17, 15) is 12.8 Å². The molecule has 0 aliphatic carbocycles. The van der Waals surface area contributed by atoms with Crippen LogP contribution >= 0.6 is 0 Å². The van der Waals surface area contributed by atoms with Gasteiger partial charge in [-0.1, -0.05) is 24.3 Å². The summed E-state index contributed by atoms with van der Waals surface area (Å²) in [6.07, 6.45) is 1.52. The molecule has 0 radical (unpaired) electrons. The molecule has 1 N–H and O–H groups in total. The van der Waals surface area contributed by atoms with Crippen molar-refractivity contribution in [3.05, 3.63) is 90.4 Å². The summed E-state index contributed by atoms with van der Waals surface area (Å²) >= 11 is 0. The third kappa shape index (κ3) is 4.55. The highest BCUT2D eigenvalue weighted by Crippen LogP contribution is 2.33. The largest absolute Gasteiger partial charge is 0.497 e. The van der Waals surface area contributed by atoms with E-state index in [1.54, 1.807) is 75.9 Å². The molecule has 0 atom stereocenters. The molecule has 4 aromatic rings. The zero-order chi connectivity index (χ0) is 24.3. The minimum atomic E-state index is -4.03. The van der Waals surface area contributed by atoms with E-state index >= 15 is 0 Å². The fourth-order valence-corrected chi connectivity index (χ4v) is 5.22. The van der Waals surface area contributed by atoms with E-state index in [2.05, 4.69) is 5.32 Å². The van der Waals surface area contributed by atoms with Crippen LogP contribution in [0.4, 0.5) is 4.39 Å². The van der Waals surface area contributed by atoms with Gasteiger partial charge in [-0.3, -0.25) is 0 Å². The molecule has 34 heavy (non-hydrogen) atoms. The molecule has 6 nitrogen and oxygen atoms in total. The maximum Gasteiger partial charge on any atom is 0.268 e. The molecule has 0 aliphatic heterocycles. The predicted molar refractivity (Wildman–Crippen MR) is 130 cm³/mol. The van der Waals surface area contributed by atoms with Crippen molar-refractivity contribution in [3.63, 3.8) is 0 Å². The van der Waals surface area contributed by atoms with Gasteiger partial charge >= 0.3 is 0 Å². The van der Waals surface area contributed by atoms with Crippen molar-refractivity contribution < 1.29 is 22.3 Å². The third-order valence-corrected chi connectivity index (χ3v) is 7.12. The first kappa shape index (κ1) is 23.5. The molecule has 0 unspecified atom stereocenters. The van der Waals surface area contributed by atoms with E-state index in [0.717, 1.165) is 15.1 Å². The van der Waals surface area contributed by atoms with E-state index < -0.39 is 15.8 Å². The van der Waals surface area contributed by atoms with Gasteiger partial charge < -0.3 is 14.8 Å². The molecule has 8 heteroatoms. The molecule has 0 saturated heterocycles. The molecule has 0 fully saturated rings. The van der Waals surface area contributed by atoms with Gasteiger partial charge in [-0.25, -0.2) is 16.8 Å². The number of hydrogen-bond donors (Lipinski definition) is 1. The first-order chi connectivity index (χ1) is 16.4. The second-order valence-electron chi connectivity index (χ2n) is 7.67. The van der Waals surface area contributed by atoms with Crippen molar-refractivity contribution in [2.24, 2.45) is 0 Å². The summed E-state index contributed by atoms with van der Waals surface area (Å²) in [6.45, 7) is 0.438. The highest BCUT2D eigenvalue weighted by molar-refractivity contribution is 7.90. The molecule has 3 aromatic carbocycles. The molecule has 4 rings (SSSR count). The summed E-state index contributed by atoms with van der Waals surface area (Å²) in [7, 11) is 0.838. The van der Waals surface area contributed by atoms with Crippen LogP contribution < -0.4 is 14.8 Å². The highest BCUT2D eigenvalue weighted by Gasteiger charge is 2.23. The van der Waals surface area contributed by atoms with Gasteiger partial charge in [0.05, 0.1) is 24.8 Å². The lowest BCUT2D eigenvalue weighted by Gasteiger charge is -2.13. The smallest absolute Gasteiger partial charge is 0.268 e. The summed E-state index contributed by atoms with van der Waals surface area (Å²) in [5.41, 5.74) is 2.61. The Kier molecular flexibility index (Phi) is 6.72. The number of hydrogen-bond acceptors (Lipinski definition) is 5. The highest BCUT2D eigenvalue weighted by atomic mass is 32.2. The normalized spacial score (nSPS) is 11.4. The zero-order valence-electron chi connectivity index (χ0n) is 19.1. The summed E-state index contributed by atoms with van der Waals surface area (Å²) in [4.78, 5) is 0.0796. The molecular formula is C26H25FN2O4S. The Morgan fingerprint density at radius 2 is 1.59 bits per heavy atom. The average Bonchev–Trinajstić information content (AvgIpc) is 3.28. The van der Waals surface area contributed by atoms with Gasteiger partial charge in [-0.15, -0.1) is 0 Å². The van der Waals surface area contributed by atoms with Crippen LogP contribution in [-0.4, -0.2) is 33.7 Å². The summed E-state index contributed by atoms with van der Waals surface area (Å²) in [6, 6.07) is 19.8. The SMILES string of the molecule is CNCc1cc(-c2ccccc2F)n(S(=O)(=O)c2cccc(-c3cc(OC)cc(OC)c3)c2)c1. The lowest BCUT2D eigenvalue weighted by Crippen LogP contribution is -2.14. The zero-order valence-corrected chi connectivity index (χ0v) is 19.9. The quantitative estimate of drug-likeness (QED) is 0.387. The molecule has 176 valence electrons. The van der Waals surface area contributed by atoms with Crippen LogP contribution in [0.15, 0.2) is 83.9 Å². The number of halogens is 1. The van der Waals surface area contributed by atoms with Crippen LogP contribution in [0, 0.1) is 5.82 Å². The minimum Gasteiger partial charge on any atom is -0.497 e. The van der Waals surface area contributed by atoms with Crippen LogP contribution in [0.25, 0.3) is 22.4 Å². The Balaban J connectivity index is 1.85. The maximum absolute atomic E-state index is 14.6. The van der Waals surface area contributed by atoms with E-state index in [1.807, 2.05) is 6.07 Å². The van der Waals surface area contributed by atoms with Crippen molar-refractivity contribution >= 4 is 10.0 Å². The third-order valence-electron chi connectivity index (χ3n) is 5.45. The van der Waals surface area contributed by atoms with Gasteiger partial charge in [0, 0.05) is 24.4 Å². The number of nitrogens with one attached hydrogen (secondary N) is 1. The van der Waals surface area contributed by atoms with Crippen molar-refractivity contribution in [1.29, 1.82) is 0 Å². The predicted octanol–water partition coefficient (Wildman–Crippen LogP) is 4.93. The van der Waals surface area contributed by atoms with Crippen LogP contribution in [0.1, 0.15) is 5.56 Å². The molecule has 0 amide bonds. The average molecular weight is 481 g/mol. The van der Waals surface area contributed by atoms with E-state index in [0.29, 0.717) is 23.6 Å². The number of rotatable bonds is 8. The fraction of sp³-hybridized carbons (Fsp3) is 0.154. The lowest BCUT2D eigenvalue weighted by atomic mass is 10.1. The van der Waals surface area contributed by atoms with Gasteiger partial charge in [-0.05, 0) is 66.2 Å². The van der Waals surface area contributed by atoms with Crippen molar-refractivity contribution in [2.75, 3.05) is 21.3 Å². The van der Waals surface area contributed by atoms with Gasteiger partial charge in [-0.2, -0.15) is 0 Å². The fourth-order valence-electron chi connectivity index (χ4n) is 3.79. The maximum atomic E-state index is 14.6. The van der Waals surface area contributed by atoms with Crippen molar-refractivity contribution in [1.82, 2.24) is 9.29 Å². The van der Waals surface area contributed by atoms with Gasteiger partial charge in [0.1, 0.15) is 17.3 Å². The summed E-state index contributed by atoms with van der Waals surface area (Å²) < 4.78 is 54.0. The Morgan fingerprint density at radius 3 is 2.24 bits per heavy atom. The topological polar surface area (TPSA) is 69.6 Å². The van der Waals surface area contributed by atoms with E-state index in [-0.39, 0.29) is 16.2 Å². The number of aromatic nitrogens is 1. The van der Waals surface area contributed by atoms with Crippen LogP contribution in [0.5, 0.6) is 11.5 Å². The standard InChI is InChI=1S/C26H25FN2O4S/c1-28-16-18-11-26(24-9-4-5-10-25(24)27)29(17-18)34(30,31)23-8-6-7-19(14-23)20-12-21(32-2)15-22(13-20)33-3/h4-15,17,28H,16H2,1-3H3. The van der Waals surface area contributed by atoms with Crippen LogP contribution in [-0.2, 0) is 16.6 Å². The molecule has 0 aliphatic rings. The number of benzene rings is 3. The molecule has 0 spiro atoms. The van der Waals surface area contributed by atoms with E-state index in [4.69, 9.17) is 9.47 Å². The summed E-state index contributed by atoms with van der Waals surface area (Å²) in [5, 5.41) is 3.01. The molecule has 0 saturated carbocycles. The Morgan fingerprint density at radius 1 is 0.882 bits per heavy atom. The lowest BCUT2D eigenvalue weighted by molar-refractivity contribution is 0.394. The van der Waals surface area contributed by atoms with Gasteiger partial charge in [0.25, 0.3) is 10.0 Å². The number of ether oxygens (including phenoxy) is 2. The number of methoxy groups -OCH3 is 2. The van der Waals surface area contributed by atoms with E-state index in [1.165, 1.54) is 18.3 Å². The van der Waals surface area contributed by atoms with Gasteiger partial charge in [0.2, 0.25) is 0 Å². The van der Waals surface area contributed by atoms with Crippen molar-refractivity contribution in [2.45, 2.75) is 11.4 Å². The van der Waals surface area contributed by atoms with Crippen LogP contribution in [0.3, 0.4) is 0 Å². The Bertz CT molecular complexity index is 1410. The van der Waals surface area contributed by atoms with Crippen LogP contribution in [0.2, 0.25) is 0 Å². The Labute approximate surface area is 198 Å². The first-order valence-electron chi connectivity index (χ1n) is 10.6. The molecule has 1 heterocycles. The number of nitrogens with zero attached hydrogens (tertiary/aromatic N) is 1. The van der Waals surface area contributed by atoms with Crippen molar-refractivity contribution in [3.8, 4) is 33.9 Å². The Hall–Kier alpha value is -3.62. The molecular weight excluding hydrogens is 455 g/mol. The molecule has 1 aromatic heterocycles. The minimum absolute atomic E-state index is 0.0796. The first-order valence-corrected chi connectivity index (χ1v) is 12.0. The summed E-state index contributed by atoms with van der Waals surface area (Å²) in [5.74, 6) is 0.684. The van der Waals surface area contributed by atoms with Gasteiger partial charge in [0.15, 0.2) is 0 Å². The second-order valence-corrected chi connectivity index (χ2v) is 9.49. The second kappa shape index (κ2) is 9.70.